The second-order valence-electron chi connectivity index (χ2n) is 14.7. The molecule has 5 heteroatoms. The fourth-order valence-electron chi connectivity index (χ4n) is 8.57. The SMILES string of the molecule is c1ccc(-c2cc(-c3ccc(-c4ccc5c(c4)nc(-c4ccccc4)c4ccc6oc7ccccc7c6c45)cc3)nc(-c3cccc4sc5ccccc5c34)n2)cc1. The summed E-state index contributed by atoms with van der Waals surface area (Å²) in [5.41, 5.74) is 11.8. The summed E-state index contributed by atoms with van der Waals surface area (Å²) in [4.78, 5) is 15.8. The maximum absolute atomic E-state index is 6.36. The molecule has 0 spiro atoms. The van der Waals surface area contributed by atoms with E-state index in [2.05, 4.69) is 164 Å². The zero-order valence-electron chi connectivity index (χ0n) is 31.1. The molecule has 0 amide bonds. The van der Waals surface area contributed by atoms with Crippen molar-refractivity contribution in [3.05, 3.63) is 188 Å². The molecule has 0 unspecified atom stereocenters. The van der Waals surface area contributed by atoms with Crippen LogP contribution in [0.1, 0.15) is 0 Å². The highest BCUT2D eigenvalue weighted by atomic mass is 32.1. The highest BCUT2D eigenvalue weighted by Crippen LogP contribution is 2.43. The summed E-state index contributed by atoms with van der Waals surface area (Å²) in [5, 5.41) is 8.03. The second-order valence-corrected chi connectivity index (χ2v) is 15.8. The Morgan fingerprint density at radius 1 is 0.362 bits per heavy atom. The topological polar surface area (TPSA) is 51.8 Å². The molecule has 4 heterocycles. The monoisotopic (exact) mass is 757 g/mol. The van der Waals surface area contributed by atoms with Gasteiger partial charge in [0.05, 0.1) is 22.6 Å². The number of furan rings is 1. The molecule has 0 aliphatic rings. The first-order valence-corrected chi connectivity index (χ1v) is 20.2. The van der Waals surface area contributed by atoms with Crippen LogP contribution in [0, 0.1) is 0 Å². The lowest BCUT2D eigenvalue weighted by atomic mass is 9.94. The van der Waals surface area contributed by atoms with Gasteiger partial charge in [0.1, 0.15) is 11.2 Å². The van der Waals surface area contributed by atoms with Crippen LogP contribution in [0.3, 0.4) is 0 Å². The average Bonchev–Trinajstić information content (AvgIpc) is 3.88. The standard InChI is InChI=1S/C53H31N3OS/c1-3-12-33(13-4-1)42-31-43(56-53(55-42)41-18-11-21-48-49(41)39-17-8-10-20-47(39)58-48)34-24-22-32(23-25-34)36-26-27-37-44(30-36)54-52(35-14-5-2-6-15-35)40-28-29-46-51(50(37)40)38-16-7-9-19-45(38)57-46/h1-31H. The molecule has 0 N–H and O–H groups in total. The van der Waals surface area contributed by atoms with E-state index in [1.165, 1.54) is 20.2 Å². The van der Waals surface area contributed by atoms with E-state index in [0.717, 1.165) is 99.9 Å². The van der Waals surface area contributed by atoms with Gasteiger partial charge in [0.15, 0.2) is 5.82 Å². The average molecular weight is 758 g/mol. The highest BCUT2D eigenvalue weighted by Gasteiger charge is 2.19. The van der Waals surface area contributed by atoms with Crippen LogP contribution in [-0.4, -0.2) is 15.0 Å². The third-order valence-corrected chi connectivity index (χ3v) is 12.4. The number of hydrogen-bond acceptors (Lipinski definition) is 5. The zero-order chi connectivity index (χ0) is 38.2. The predicted octanol–water partition coefficient (Wildman–Crippen LogP) is 14.8. The molecular weight excluding hydrogens is 727 g/mol. The minimum atomic E-state index is 0.719. The van der Waals surface area contributed by atoms with Crippen LogP contribution >= 0.6 is 11.3 Å². The lowest BCUT2D eigenvalue weighted by molar-refractivity contribution is 0.669. The van der Waals surface area contributed by atoms with E-state index in [9.17, 15) is 0 Å². The number of benzene rings is 8. The largest absolute Gasteiger partial charge is 0.456 e. The van der Waals surface area contributed by atoms with Crippen molar-refractivity contribution in [2.75, 3.05) is 0 Å². The summed E-state index contributed by atoms with van der Waals surface area (Å²) in [6.07, 6.45) is 0. The molecule has 4 nitrogen and oxygen atoms in total. The Morgan fingerprint density at radius 3 is 1.81 bits per heavy atom. The van der Waals surface area contributed by atoms with Crippen molar-refractivity contribution in [3.63, 3.8) is 0 Å². The van der Waals surface area contributed by atoms with Gasteiger partial charge in [-0.3, -0.25) is 0 Å². The maximum atomic E-state index is 6.36. The third kappa shape index (κ3) is 5.25. The van der Waals surface area contributed by atoms with Crippen molar-refractivity contribution >= 4 is 75.1 Å². The normalized spacial score (nSPS) is 11.8. The molecule has 0 saturated carbocycles. The minimum Gasteiger partial charge on any atom is -0.456 e. The van der Waals surface area contributed by atoms with Gasteiger partial charge in [-0.25, -0.2) is 15.0 Å². The Hall–Kier alpha value is -7.47. The van der Waals surface area contributed by atoms with Gasteiger partial charge in [0.2, 0.25) is 0 Å². The summed E-state index contributed by atoms with van der Waals surface area (Å²) in [6.45, 7) is 0. The Kier molecular flexibility index (Phi) is 7.37. The fourth-order valence-corrected chi connectivity index (χ4v) is 9.70. The fraction of sp³-hybridized carbons (Fsp3) is 0. The number of pyridine rings is 1. The lowest BCUT2D eigenvalue weighted by Crippen LogP contribution is -1.96. The van der Waals surface area contributed by atoms with Crippen molar-refractivity contribution in [3.8, 4) is 56.3 Å². The minimum absolute atomic E-state index is 0.719. The van der Waals surface area contributed by atoms with Crippen molar-refractivity contribution < 1.29 is 4.42 Å². The van der Waals surface area contributed by atoms with E-state index in [4.69, 9.17) is 19.4 Å². The summed E-state index contributed by atoms with van der Waals surface area (Å²) >= 11 is 1.81. The molecule has 0 bridgehead atoms. The maximum Gasteiger partial charge on any atom is 0.161 e. The Morgan fingerprint density at radius 2 is 1.00 bits per heavy atom. The van der Waals surface area contributed by atoms with E-state index in [1.54, 1.807) is 0 Å². The molecule has 0 saturated heterocycles. The van der Waals surface area contributed by atoms with E-state index in [0.29, 0.717) is 0 Å². The predicted molar refractivity (Wildman–Crippen MR) is 242 cm³/mol. The van der Waals surface area contributed by atoms with Gasteiger partial charge >= 0.3 is 0 Å². The molecule has 58 heavy (non-hydrogen) atoms. The van der Waals surface area contributed by atoms with E-state index in [-0.39, 0.29) is 0 Å². The first-order valence-electron chi connectivity index (χ1n) is 19.4. The van der Waals surface area contributed by atoms with Gasteiger partial charge in [-0.1, -0.05) is 146 Å². The van der Waals surface area contributed by atoms with Crippen molar-refractivity contribution in [1.29, 1.82) is 0 Å². The van der Waals surface area contributed by atoms with Crippen LogP contribution in [0.5, 0.6) is 0 Å². The number of rotatable bonds is 5. The van der Waals surface area contributed by atoms with Crippen LogP contribution in [0.15, 0.2) is 192 Å². The van der Waals surface area contributed by atoms with Crippen LogP contribution in [0.4, 0.5) is 0 Å². The van der Waals surface area contributed by atoms with E-state index in [1.807, 2.05) is 35.6 Å². The molecule has 4 aromatic heterocycles. The summed E-state index contributed by atoms with van der Waals surface area (Å²) in [7, 11) is 0. The molecule has 12 aromatic rings. The molecule has 12 rings (SSSR count). The number of aromatic nitrogens is 3. The van der Waals surface area contributed by atoms with Crippen LogP contribution in [0.2, 0.25) is 0 Å². The summed E-state index contributed by atoms with van der Waals surface area (Å²) in [5.74, 6) is 0.719. The third-order valence-electron chi connectivity index (χ3n) is 11.3. The molecule has 8 aromatic carbocycles. The van der Waals surface area contributed by atoms with Gasteiger partial charge < -0.3 is 4.42 Å². The van der Waals surface area contributed by atoms with Gasteiger partial charge in [-0.05, 0) is 53.6 Å². The Labute approximate surface area is 337 Å². The van der Waals surface area contributed by atoms with Crippen LogP contribution < -0.4 is 0 Å². The summed E-state index contributed by atoms with van der Waals surface area (Å²) in [6, 6.07) is 65.9. The Balaban J connectivity index is 1.00. The number of thiophene rings is 1. The molecule has 0 fully saturated rings. The van der Waals surface area contributed by atoms with Gasteiger partial charge in [0, 0.05) is 69.4 Å². The molecule has 270 valence electrons. The first-order chi connectivity index (χ1) is 28.7. The zero-order valence-corrected chi connectivity index (χ0v) is 31.9. The van der Waals surface area contributed by atoms with Gasteiger partial charge in [-0.15, -0.1) is 11.3 Å². The number of hydrogen-bond donors (Lipinski definition) is 0. The first kappa shape index (κ1) is 32.7. The van der Waals surface area contributed by atoms with Crippen molar-refractivity contribution in [2.24, 2.45) is 0 Å². The summed E-state index contributed by atoms with van der Waals surface area (Å²) < 4.78 is 8.86. The molecule has 0 aliphatic carbocycles. The van der Waals surface area contributed by atoms with Crippen LogP contribution in [-0.2, 0) is 0 Å². The highest BCUT2D eigenvalue weighted by molar-refractivity contribution is 7.25. The van der Waals surface area contributed by atoms with E-state index >= 15 is 0 Å². The number of para-hydroxylation sites is 1. The van der Waals surface area contributed by atoms with Gasteiger partial charge in [-0.2, -0.15) is 0 Å². The molecule has 0 atom stereocenters. The number of fused-ring (bicyclic) bond motifs is 10. The lowest BCUT2D eigenvalue weighted by Gasteiger charge is -2.13. The van der Waals surface area contributed by atoms with Crippen LogP contribution in [0.25, 0.3) is 120 Å². The van der Waals surface area contributed by atoms with E-state index < -0.39 is 0 Å². The van der Waals surface area contributed by atoms with Crippen molar-refractivity contribution in [2.45, 2.75) is 0 Å². The number of nitrogens with zero attached hydrogens (tertiary/aromatic N) is 3. The second kappa shape index (κ2) is 13.1. The molecular formula is C53H31N3OS. The molecule has 0 radical (unpaired) electrons. The molecule has 0 aliphatic heterocycles. The van der Waals surface area contributed by atoms with Gasteiger partial charge in [0.25, 0.3) is 0 Å². The van der Waals surface area contributed by atoms with Crippen molar-refractivity contribution in [1.82, 2.24) is 15.0 Å². The quantitative estimate of drug-likeness (QED) is 0.164. The Bertz CT molecular complexity index is 3550. The smallest absolute Gasteiger partial charge is 0.161 e.